The van der Waals surface area contributed by atoms with Crippen molar-refractivity contribution in [2.45, 2.75) is 24.2 Å². The number of sulfonamides is 1. The van der Waals surface area contributed by atoms with Gasteiger partial charge < -0.3 is 14.8 Å². The van der Waals surface area contributed by atoms with Gasteiger partial charge in [0.25, 0.3) is 0 Å². The van der Waals surface area contributed by atoms with Crippen molar-refractivity contribution in [3.05, 3.63) is 36.0 Å². The van der Waals surface area contributed by atoms with Gasteiger partial charge in [-0.15, -0.1) is 0 Å². The molecule has 0 amide bonds. The molecule has 0 unspecified atom stereocenters. The molecule has 0 atom stereocenters. The lowest BCUT2D eigenvalue weighted by atomic mass is 10.2. The first-order chi connectivity index (χ1) is 12.4. The highest BCUT2D eigenvalue weighted by molar-refractivity contribution is 7.89. The lowest BCUT2D eigenvalue weighted by Gasteiger charge is -2.25. The monoisotopic (exact) mass is 382 g/mol. The van der Waals surface area contributed by atoms with Crippen LogP contribution in [0.15, 0.2) is 40.9 Å². The number of methoxy groups -OCH3 is 2. The van der Waals surface area contributed by atoms with E-state index < -0.39 is 22.0 Å². The predicted molar refractivity (Wildman–Crippen MR) is 94.8 cm³/mol. The van der Waals surface area contributed by atoms with Crippen LogP contribution in [0.2, 0.25) is 0 Å². The Morgan fingerprint density at radius 2 is 1.65 bits per heavy atom. The summed E-state index contributed by atoms with van der Waals surface area (Å²) in [5.41, 5.74) is 0.314. The van der Waals surface area contributed by atoms with Gasteiger partial charge >= 0.3 is 11.9 Å². The molecular formula is C17H22N2O6S. The van der Waals surface area contributed by atoms with Crippen LogP contribution in [0.3, 0.4) is 0 Å². The molecule has 1 N–H and O–H groups in total. The SMILES string of the molecule is COC(=O)/C=C(/Nc1ccc(S(=O)(=O)N2CCCCC2)cc1)C(=O)OC. The summed E-state index contributed by atoms with van der Waals surface area (Å²) in [6.07, 6.45) is 3.72. The van der Waals surface area contributed by atoms with Gasteiger partial charge in [-0.2, -0.15) is 4.31 Å². The Morgan fingerprint density at radius 1 is 1.04 bits per heavy atom. The third-order valence-electron chi connectivity index (χ3n) is 3.95. The average Bonchev–Trinajstić information content (AvgIpc) is 2.67. The summed E-state index contributed by atoms with van der Waals surface area (Å²) in [5, 5.41) is 2.73. The van der Waals surface area contributed by atoms with Gasteiger partial charge in [-0.25, -0.2) is 18.0 Å². The van der Waals surface area contributed by atoms with Gasteiger partial charge in [0.05, 0.1) is 25.2 Å². The average molecular weight is 382 g/mol. The van der Waals surface area contributed by atoms with E-state index in [1.165, 1.54) is 42.8 Å². The Morgan fingerprint density at radius 3 is 2.19 bits per heavy atom. The summed E-state index contributed by atoms with van der Waals surface area (Å²) in [6, 6.07) is 5.95. The smallest absolute Gasteiger partial charge is 0.354 e. The second-order valence-electron chi connectivity index (χ2n) is 5.69. The van der Waals surface area contributed by atoms with Crippen molar-refractivity contribution in [2.24, 2.45) is 0 Å². The van der Waals surface area contributed by atoms with Crippen LogP contribution in [0, 0.1) is 0 Å². The summed E-state index contributed by atoms with van der Waals surface area (Å²) >= 11 is 0. The fourth-order valence-corrected chi connectivity index (χ4v) is 4.07. The van der Waals surface area contributed by atoms with Crippen LogP contribution in [0.1, 0.15) is 19.3 Å². The van der Waals surface area contributed by atoms with Crippen molar-refractivity contribution >= 4 is 27.6 Å². The van der Waals surface area contributed by atoms with Gasteiger partial charge in [-0.1, -0.05) is 6.42 Å². The number of esters is 2. The number of rotatable bonds is 6. The van der Waals surface area contributed by atoms with Crippen LogP contribution < -0.4 is 5.32 Å². The Hall–Kier alpha value is -2.39. The highest BCUT2D eigenvalue weighted by Crippen LogP contribution is 2.22. The third kappa shape index (κ3) is 4.83. The van der Waals surface area contributed by atoms with Crippen LogP contribution >= 0.6 is 0 Å². The molecule has 8 nitrogen and oxygen atoms in total. The summed E-state index contributed by atoms with van der Waals surface area (Å²) in [4.78, 5) is 23.3. The summed E-state index contributed by atoms with van der Waals surface area (Å²) < 4.78 is 35.8. The van der Waals surface area contributed by atoms with Gasteiger partial charge in [0, 0.05) is 18.8 Å². The van der Waals surface area contributed by atoms with Crippen molar-refractivity contribution in [3.8, 4) is 0 Å². The van der Waals surface area contributed by atoms with Crippen molar-refractivity contribution in [1.29, 1.82) is 0 Å². The van der Waals surface area contributed by atoms with Crippen molar-refractivity contribution in [1.82, 2.24) is 4.31 Å². The van der Waals surface area contributed by atoms with Gasteiger partial charge in [-0.3, -0.25) is 0 Å². The predicted octanol–water partition coefficient (Wildman–Crippen LogP) is 1.50. The Labute approximate surface area is 152 Å². The van der Waals surface area contributed by atoms with Crippen LogP contribution in [-0.2, 0) is 29.1 Å². The fourth-order valence-electron chi connectivity index (χ4n) is 2.55. The maximum absolute atomic E-state index is 12.6. The van der Waals surface area contributed by atoms with E-state index in [1.54, 1.807) is 0 Å². The minimum atomic E-state index is -3.53. The minimum absolute atomic E-state index is 0.119. The van der Waals surface area contributed by atoms with Crippen molar-refractivity contribution < 1.29 is 27.5 Å². The van der Waals surface area contributed by atoms with Gasteiger partial charge in [0.15, 0.2) is 0 Å². The van der Waals surface area contributed by atoms with E-state index in [0.717, 1.165) is 25.3 Å². The molecule has 0 bridgehead atoms. The molecule has 0 aromatic heterocycles. The van der Waals surface area contributed by atoms with E-state index in [-0.39, 0.29) is 10.6 Å². The standard InChI is InChI=1S/C17H22N2O6S/c1-24-16(20)12-15(17(21)25-2)18-13-6-8-14(9-7-13)26(22,23)19-10-4-3-5-11-19/h6-9,12,18H,3-5,10-11H2,1-2H3/b15-12+. The van der Waals surface area contributed by atoms with E-state index in [1.807, 2.05) is 0 Å². The Balaban J connectivity index is 2.18. The van der Waals surface area contributed by atoms with E-state index in [9.17, 15) is 18.0 Å². The number of hydrogen-bond acceptors (Lipinski definition) is 7. The molecule has 1 saturated heterocycles. The highest BCUT2D eigenvalue weighted by atomic mass is 32.2. The Bertz CT molecular complexity index is 780. The van der Waals surface area contributed by atoms with Crippen LogP contribution in [0.4, 0.5) is 5.69 Å². The Kier molecular flexibility index (Phi) is 6.76. The largest absolute Gasteiger partial charge is 0.466 e. The van der Waals surface area contributed by atoms with E-state index in [4.69, 9.17) is 0 Å². The second kappa shape index (κ2) is 8.81. The third-order valence-corrected chi connectivity index (χ3v) is 5.87. The molecule has 26 heavy (non-hydrogen) atoms. The number of nitrogens with zero attached hydrogens (tertiary/aromatic N) is 1. The minimum Gasteiger partial charge on any atom is -0.466 e. The number of hydrogen-bond donors (Lipinski definition) is 1. The number of carbonyl (C=O) groups excluding carboxylic acids is 2. The first kappa shape index (κ1) is 19.9. The van der Waals surface area contributed by atoms with Gasteiger partial charge in [0.2, 0.25) is 10.0 Å². The second-order valence-corrected chi connectivity index (χ2v) is 7.62. The summed E-state index contributed by atoms with van der Waals surface area (Å²) in [5.74, 6) is -1.47. The van der Waals surface area contributed by atoms with Crippen LogP contribution in [-0.4, -0.2) is 52.0 Å². The fraction of sp³-hybridized carbons (Fsp3) is 0.412. The van der Waals surface area contributed by atoms with E-state index >= 15 is 0 Å². The van der Waals surface area contributed by atoms with Gasteiger partial charge in [0.1, 0.15) is 5.70 Å². The lowest BCUT2D eigenvalue weighted by Crippen LogP contribution is -2.35. The maximum atomic E-state index is 12.6. The van der Waals surface area contributed by atoms with E-state index in [2.05, 4.69) is 14.8 Å². The molecule has 1 aromatic carbocycles. The number of ether oxygens (including phenoxy) is 2. The van der Waals surface area contributed by atoms with Crippen molar-refractivity contribution in [3.63, 3.8) is 0 Å². The molecule has 1 fully saturated rings. The van der Waals surface area contributed by atoms with E-state index in [0.29, 0.717) is 18.8 Å². The zero-order valence-electron chi connectivity index (χ0n) is 14.7. The summed E-state index contributed by atoms with van der Waals surface area (Å²) in [6.45, 7) is 1.05. The van der Waals surface area contributed by atoms with Crippen LogP contribution in [0.5, 0.6) is 0 Å². The molecule has 0 radical (unpaired) electrons. The molecule has 1 aromatic rings. The number of carbonyl (C=O) groups is 2. The molecule has 1 heterocycles. The zero-order valence-corrected chi connectivity index (χ0v) is 15.5. The number of nitrogens with one attached hydrogen (secondary N) is 1. The van der Waals surface area contributed by atoms with Gasteiger partial charge in [-0.05, 0) is 37.1 Å². The molecule has 142 valence electrons. The topological polar surface area (TPSA) is 102 Å². The lowest BCUT2D eigenvalue weighted by molar-refractivity contribution is -0.138. The molecule has 9 heteroatoms. The maximum Gasteiger partial charge on any atom is 0.354 e. The molecule has 0 aliphatic carbocycles. The summed E-state index contributed by atoms with van der Waals surface area (Å²) in [7, 11) is -1.15. The normalized spacial score (nSPS) is 16.0. The first-order valence-corrected chi connectivity index (χ1v) is 9.57. The molecule has 0 spiro atoms. The number of anilines is 1. The number of piperidine rings is 1. The molecule has 2 rings (SSSR count). The highest BCUT2D eigenvalue weighted by Gasteiger charge is 2.25. The molecule has 1 aliphatic heterocycles. The van der Waals surface area contributed by atoms with Crippen LogP contribution in [0.25, 0.3) is 0 Å². The molecule has 0 saturated carbocycles. The number of benzene rings is 1. The quantitative estimate of drug-likeness (QED) is 0.587. The molecular weight excluding hydrogens is 360 g/mol. The molecule has 1 aliphatic rings. The first-order valence-electron chi connectivity index (χ1n) is 8.13. The zero-order chi connectivity index (χ0) is 19.2. The van der Waals surface area contributed by atoms with Crippen molar-refractivity contribution in [2.75, 3.05) is 32.6 Å².